The van der Waals surface area contributed by atoms with Crippen molar-refractivity contribution in [1.82, 2.24) is 20.2 Å². The Hall–Kier alpha value is -2.11. The second kappa shape index (κ2) is 4.40. The van der Waals surface area contributed by atoms with Crippen LogP contribution in [0.1, 0.15) is 19.9 Å². The largest absolute Gasteiger partial charge is 0.497 e. The molecule has 1 aromatic carbocycles. The van der Waals surface area contributed by atoms with E-state index < -0.39 is 0 Å². The number of anilines is 1. The molecule has 0 aliphatic carbocycles. The first-order chi connectivity index (χ1) is 8.13. The fourth-order valence-corrected chi connectivity index (χ4v) is 1.57. The molecule has 0 radical (unpaired) electrons. The lowest BCUT2D eigenvalue weighted by atomic mass is 10.1. The Morgan fingerprint density at radius 3 is 2.76 bits per heavy atom. The average Bonchev–Trinajstić information content (AvgIpc) is 2.78. The number of nitrogen functional groups attached to an aromatic ring is 1. The van der Waals surface area contributed by atoms with Crippen molar-refractivity contribution in [1.29, 1.82) is 0 Å². The molecule has 0 unspecified atom stereocenters. The van der Waals surface area contributed by atoms with Crippen LogP contribution in [0.2, 0.25) is 0 Å². The van der Waals surface area contributed by atoms with E-state index in [1.807, 2.05) is 26.0 Å². The van der Waals surface area contributed by atoms with Crippen molar-refractivity contribution in [3.63, 3.8) is 0 Å². The van der Waals surface area contributed by atoms with Gasteiger partial charge in [0.05, 0.1) is 13.2 Å². The quantitative estimate of drug-likeness (QED) is 0.813. The number of aromatic nitrogens is 4. The summed E-state index contributed by atoms with van der Waals surface area (Å²) in [7, 11) is 1.61. The summed E-state index contributed by atoms with van der Waals surface area (Å²) in [4.78, 5) is 0. The minimum absolute atomic E-state index is 0.172. The third kappa shape index (κ3) is 2.06. The van der Waals surface area contributed by atoms with Gasteiger partial charge in [-0.15, -0.1) is 5.10 Å². The number of methoxy groups -OCH3 is 1. The van der Waals surface area contributed by atoms with Crippen LogP contribution in [0.25, 0.3) is 11.4 Å². The van der Waals surface area contributed by atoms with Gasteiger partial charge < -0.3 is 10.5 Å². The molecule has 0 saturated carbocycles. The lowest BCUT2D eigenvalue weighted by molar-refractivity contribution is 0.415. The Kier molecular flexibility index (Phi) is 2.95. The lowest BCUT2D eigenvalue weighted by Crippen LogP contribution is -2.06. The molecule has 2 rings (SSSR count). The molecule has 0 atom stereocenters. The standard InChI is InChI=1S/C11H15N5O/c1-7(2)16-11(13-14-15-16)9-6-8(17-3)4-5-10(9)12/h4-7H,12H2,1-3H3. The van der Waals surface area contributed by atoms with E-state index in [2.05, 4.69) is 15.5 Å². The van der Waals surface area contributed by atoms with Crippen molar-refractivity contribution in [3.05, 3.63) is 18.2 Å². The Morgan fingerprint density at radius 2 is 2.12 bits per heavy atom. The zero-order valence-electron chi connectivity index (χ0n) is 10.1. The molecule has 0 fully saturated rings. The van der Waals surface area contributed by atoms with Crippen LogP contribution in [0, 0.1) is 0 Å². The third-order valence-corrected chi connectivity index (χ3v) is 2.48. The van der Waals surface area contributed by atoms with E-state index in [9.17, 15) is 0 Å². The van der Waals surface area contributed by atoms with Gasteiger partial charge in [-0.2, -0.15) is 0 Å². The summed E-state index contributed by atoms with van der Waals surface area (Å²) in [5.74, 6) is 1.38. The van der Waals surface area contributed by atoms with Crippen LogP contribution in [0.5, 0.6) is 5.75 Å². The number of benzene rings is 1. The van der Waals surface area contributed by atoms with E-state index >= 15 is 0 Å². The van der Waals surface area contributed by atoms with Gasteiger partial charge in [-0.05, 0) is 42.5 Å². The number of hydrogen-bond donors (Lipinski definition) is 1. The first kappa shape index (κ1) is 11.4. The van der Waals surface area contributed by atoms with Crippen molar-refractivity contribution in [2.24, 2.45) is 0 Å². The Morgan fingerprint density at radius 1 is 1.35 bits per heavy atom. The normalized spacial score (nSPS) is 10.8. The van der Waals surface area contributed by atoms with Crippen molar-refractivity contribution < 1.29 is 4.74 Å². The highest BCUT2D eigenvalue weighted by atomic mass is 16.5. The molecule has 2 aromatic rings. The molecule has 0 aliphatic rings. The molecule has 0 amide bonds. The van der Waals surface area contributed by atoms with Crippen LogP contribution in [-0.4, -0.2) is 27.3 Å². The summed E-state index contributed by atoms with van der Waals surface area (Å²) in [6.45, 7) is 4.02. The minimum atomic E-state index is 0.172. The molecule has 6 heteroatoms. The number of nitrogens with two attached hydrogens (primary N) is 1. The van der Waals surface area contributed by atoms with Gasteiger partial charge in [0, 0.05) is 11.3 Å². The van der Waals surface area contributed by atoms with Crippen LogP contribution in [0.15, 0.2) is 18.2 Å². The molecule has 0 saturated heterocycles. The highest BCUT2D eigenvalue weighted by Crippen LogP contribution is 2.28. The molecule has 0 aliphatic heterocycles. The van der Waals surface area contributed by atoms with Gasteiger partial charge in [0.25, 0.3) is 0 Å². The highest BCUT2D eigenvalue weighted by molar-refractivity contribution is 5.73. The minimum Gasteiger partial charge on any atom is -0.497 e. The Bertz CT molecular complexity index is 520. The summed E-state index contributed by atoms with van der Waals surface area (Å²) >= 11 is 0. The molecule has 1 heterocycles. The molecule has 90 valence electrons. The number of rotatable bonds is 3. The summed E-state index contributed by atoms with van der Waals surface area (Å²) in [5, 5.41) is 11.6. The second-order valence-corrected chi connectivity index (χ2v) is 3.99. The van der Waals surface area contributed by atoms with Gasteiger partial charge in [0.15, 0.2) is 5.82 Å². The molecular formula is C11H15N5O. The molecule has 17 heavy (non-hydrogen) atoms. The summed E-state index contributed by atoms with van der Waals surface area (Å²) in [6.07, 6.45) is 0. The SMILES string of the molecule is COc1ccc(N)c(-c2nnnn2C(C)C)c1. The van der Waals surface area contributed by atoms with E-state index in [0.29, 0.717) is 11.5 Å². The van der Waals surface area contributed by atoms with Gasteiger partial charge in [-0.3, -0.25) is 0 Å². The van der Waals surface area contributed by atoms with E-state index in [1.165, 1.54) is 0 Å². The zero-order chi connectivity index (χ0) is 12.4. The van der Waals surface area contributed by atoms with Gasteiger partial charge >= 0.3 is 0 Å². The second-order valence-electron chi connectivity index (χ2n) is 3.99. The summed E-state index contributed by atoms with van der Waals surface area (Å²) in [6, 6.07) is 5.60. The molecule has 6 nitrogen and oxygen atoms in total. The topological polar surface area (TPSA) is 78.8 Å². The van der Waals surface area contributed by atoms with Crippen molar-refractivity contribution >= 4 is 5.69 Å². The lowest BCUT2D eigenvalue weighted by Gasteiger charge is -2.10. The molecule has 1 aromatic heterocycles. The van der Waals surface area contributed by atoms with Gasteiger partial charge in [-0.1, -0.05) is 0 Å². The molecule has 0 bridgehead atoms. The van der Waals surface area contributed by atoms with Gasteiger partial charge in [-0.25, -0.2) is 4.68 Å². The molecule has 0 spiro atoms. The van der Waals surface area contributed by atoms with E-state index in [-0.39, 0.29) is 6.04 Å². The summed E-state index contributed by atoms with van der Waals surface area (Å²) < 4.78 is 6.90. The maximum atomic E-state index is 5.94. The van der Waals surface area contributed by atoms with Crippen LogP contribution >= 0.6 is 0 Å². The predicted molar refractivity (Wildman–Crippen MR) is 64.6 cm³/mol. The van der Waals surface area contributed by atoms with Crippen molar-refractivity contribution in [2.45, 2.75) is 19.9 Å². The van der Waals surface area contributed by atoms with Crippen LogP contribution < -0.4 is 10.5 Å². The monoisotopic (exact) mass is 233 g/mol. The first-order valence-electron chi connectivity index (χ1n) is 5.35. The van der Waals surface area contributed by atoms with E-state index in [4.69, 9.17) is 10.5 Å². The predicted octanol–water partition coefficient (Wildman–Crippen LogP) is 1.51. The number of ether oxygens (including phenoxy) is 1. The summed E-state index contributed by atoms with van der Waals surface area (Å²) in [5.41, 5.74) is 7.35. The Labute approximate surface area is 99.4 Å². The number of tetrazole rings is 1. The van der Waals surface area contributed by atoms with Gasteiger partial charge in [0.2, 0.25) is 0 Å². The number of nitrogens with zero attached hydrogens (tertiary/aromatic N) is 4. The number of hydrogen-bond acceptors (Lipinski definition) is 5. The zero-order valence-corrected chi connectivity index (χ0v) is 10.1. The maximum Gasteiger partial charge on any atom is 0.184 e. The first-order valence-corrected chi connectivity index (χ1v) is 5.35. The molecule has 2 N–H and O–H groups in total. The Balaban J connectivity index is 2.55. The fourth-order valence-electron chi connectivity index (χ4n) is 1.57. The van der Waals surface area contributed by atoms with Crippen molar-refractivity contribution in [3.8, 4) is 17.1 Å². The average molecular weight is 233 g/mol. The van der Waals surface area contributed by atoms with Crippen LogP contribution in [-0.2, 0) is 0 Å². The van der Waals surface area contributed by atoms with Gasteiger partial charge in [0.1, 0.15) is 5.75 Å². The van der Waals surface area contributed by atoms with Crippen molar-refractivity contribution in [2.75, 3.05) is 12.8 Å². The third-order valence-electron chi connectivity index (χ3n) is 2.48. The van der Waals surface area contributed by atoms with Crippen LogP contribution in [0.4, 0.5) is 5.69 Å². The smallest absolute Gasteiger partial charge is 0.184 e. The molecular weight excluding hydrogens is 218 g/mol. The van der Waals surface area contributed by atoms with E-state index in [1.54, 1.807) is 17.9 Å². The van der Waals surface area contributed by atoms with Crippen LogP contribution in [0.3, 0.4) is 0 Å². The highest BCUT2D eigenvalue weighted by Gasteiger charge is 2.14. The fraction of sp³-hybridized carbons (Fsp3) is 0.364. The van der Waals surface area contributed by atoms with E-state index in [0.717, 1.165) is 11.3 Å². The maximum absolute atomic E-state index is 5.94.